The van der Waals surface area contributed by atoms with Crippen LogP contribution in [0.1, 0.15) is 73.6 Å². The van der Waals surface area contributed by atoms with Gasteiger partial charge in [-0.25, -0.2) is 0 Å². The minimum atomic E-state index is 0.339. The molecule has 0 aliphatic carbocycles. The van der Waals surface area contributed by atoms with Crippen molar-refractivity contribution >= 4 is 0 Å². The summed E-state index contributed by atoms with van der Waals surface area (Å²) in [5.41, 5.74) is 0.339. The molecule has 0 aliphatic rings. The number of rotatable bonds is 11. The molecule has 1 unspecified atom stereocenters. The van der Waals surface area contributed by atoms with Gasteiger partial charge in [0.2, 0.25) is 0 Å². The van der Waals surface area contributed by atoms with E-state index in [4.69, 9.17) is 0 Å². The molecule has 19 heavy (non-hydrogen) atoms. The Morgan fingerprint density at radius 2 is 1.42 bits per heavy atom. The van der Waals surface area contributed by atoms with Gasteiger partial charge in [0, 0.05) is 12.6 Å². The lowest BCUT2D eigenvalue weighted by atomic mass is 9.86. The first-order chi connectivity index (χ1) is 8.95. The zero-order chi connectivity index (χ0) is 14.7. The maximum absolute atomic E-state index is 3.75. The van der Waals surface area contributed by atoms with Crippen LogP contribution < -0.4 is 5.32 Å². The number of hydrogen-bond donors (Lipinski definition) is 1. The highest BCUT2D eigenvalue weighted by atomic mass is 15.1. The largest absolute Gasteiger partial charge is 0.312 e. The Hall–Kier alpha value is -0.0800. The van der Waals surface area contributed by atoms with E-state index in [2.05, 4.69) is 51.8 Å². The van der Waals surface area contributed by atoms with E-state index in [0.29, 0.717) is 11.5 Å². The molecule has 2 heteroatoms. The average molecular weight is 271 g/mol. The predicted octanol–water partition coefficient (Wildman–Crippen LogP) is 4.30. The number of nitrogens with one attached hydrogen (secondary N) is 1. The van der Waals surface area contributed by atoms with Gasteiger partial charge >= 0.3 is 0 Å². The normalized spacial score (nSPS) is 14.1. The van der Waals surface area contributed by atoms with E-state index >= 15 is 0 Å². The van der Waals surface area contributed by atoms with Crippen molar-refractivity contribution in [3.8, 4) is 0 Å². The smallest absolute Gasteiger partial charge is 0.0243 e. The molecule has 0 aliphatic heterocycles. The molecule has 0 spiro atoms. The zero-order valence-electron chi connectivity index (χ0n) is 14.4. The molecule has 0 rings (SSSR count). The minimum absolute atomic E-state index is 0.339. The van der Waals surface area contributed by atoms with Crippen LogP contribution in [0.4, 0.5) is 0 Å². The first-order valence-electron chi connectivity index (χ1n) is 8.41. The molecule has 0 heterocycles. The van der Waals surface area contributed by atoms with Crippen LogP contribution in [-0.2, 0) is 0 Å². The number of nitrogens with zero attached hydrogens (tertiary/aromatic N) is 1. The van der Waals surface area contributed by atoms with Crippen molar-refractivity contribution < 1.29 is 0 Å². The van der Waals surface area contributed by atoms with Crippen LogP contribution in [0.25, 0.3) is 0 Å². The van der Waals surface area contributed by atoms with Crippen molar-refractivity contribution in [1.82, 2.24) is 10.2 Å². The Bertz CT molecular complexity index is 188. The lowest BCUT2D eigenvalue weighted by molar-refractivity contribution is 0.169. The summed E-state index contributed by atoms with van der Waals surface area (Å²) < 4.78 is 0. The average Bonchev–Trinajstić information content (AvgIpc) is 2.35. The summed E-state index contributed by atoms with van der Waals surface area (Å²) in [5.74, 6) is 0. The fourth-order valence-electron chi connectivity index (χ4n) is 2.28. The van der Waals surface area contributed by atoms with E-state index in [9.17, 15) is 0 Å². The molecule has 0 saturated carbocycles. The summed E-state index contributed by atoms with van der Waals surface area (Å²) in [4.78, 5) is 2.67. The van der Waals surface area contributed by atoms with Gasteiger partial charge < -0.3 is 10.2 Å². The molecule has 2 nitrogen and oxygen atoms in total. The van der Waals surface area contributed by atoms with Crippen molar-refractivity contribution in [2.24, 2.45) is 5.41 Å². The molecule has 0 fully saturated rings. The van der Waals surface area contributed by atoms with E-state index in [0.717, 1.165) is 6.54 Å². The highest BCUT2D eigenvalue weighted by Crippen LogP contribution is 2.20. The van der Waals surface area contributed by atoms with Crippen molar-refractivity contribution in [1.29, 1.82) is 0 Å². The van der Waals surface area contributed by atoms with Crippen LogP contribution in [0.2, 0.25) is 0 Å². The Labute approximate surface area is 122 Å². The number of unbranched alkanes of at least 4 members (excludes halogenated alkanes) is 2. The third kappa shape index (κ3) is 9.45. The Kier molecular flexibility index (Phi) is 10.6. The summed E-state index contributed by atoms with van der Waals surface area (Å²) in [6.45, 7) is 18.8. The van der Waals surface area contributed by atoms with Crippen molar-refractivity contribution in [2.45, 2.75) is 79.7 Å². The molecule has 0 aromatic rings. The van der Waals surface area contributed by atoms with Gasteiger partial charge in [-0.1, -0.05) is 54.4 Å². The molecule has 0 radical (unpaired) electrons. The highest BCUT2D eigenvalue weighted by Gasteiger charge is 2.25. The van der Waals surface area contributed by atoms with Crippen LogP contribution >= 0.6 is 0 Å². The minimum Gasteiger partial charge on any atom is -0.312 e. The first kappa shape index (κ1) is 18.9. The summed E-state index contributed by atoms with van der Waals surface area (Å²) in [6.07, 6.45) is 6.47. The summed E-state index contributed by atoms with van der Waals surface area (Å²) in [5, 5.41) is 3.75. The quantitative estimate of drug-likeness (QED) is 0.602. The van der Waals surface area contributed by atoms with Gasteiger partial charge in [-0.3, -0.25) is 0 Å². The molecule has 0 saturated heterocycles. The highest BCUT2D eigenvalue weighted by molar-refractivity contribution is 4.83. The summed E-state index contributed by atoms with van der Waals surface area (Å²) in [7, 11) is 0. The second-order valence-electron chi connectivity index (χ2n) is 6.88. The van der Waals surface area contributed by atoms with E-state index in [1.807, 2.05) is 0 Å². The fourth-order valence-corrected chi connectivity index (χ4v) is 2.28. The fraction of sp³-hybridized carbons (Fsp3) is 1.00. The molecular weight excluding hydrogens is 232 g/mol. The molecule has 116 valence electrons. The van der Waals surface area contributed by atoms with Crippen molar-refractivity contribution in [3.05, 3.63) is 0 Å². The summed E-state index contributed by atoms with van der Waals surface area (Å²) in [6, 6.07) is 0.598. The van der Waals surface area contributed by atoms with Crippen molar-refractivity contribution in [3.63, 3.8) is 0 Å². The van der Waals surface area contributed by atoms with Gasteiger partial charge in [0.25, 0.3) is 0 Å². The summed E-state index contributed by atoms with van der Waals surface area (Å²) >= 11 is 0. The van der Waals surface area contributed by atoms with E-state index < -0.39 is 0 Å². The third-order valence-electron chi connectivity index (χ3n) is 3.78. The second kappa shape index (κ2) is 10.7. The van der Waals surface area contributed by atoms with Gasteiger partial charge in [0.05, 0.1) is 0 Å². The van der Waals surface area contributed by atoms with Crippen LogP contribution in [-0.4, -0.2) is 37.1 Å². The zero-order valence-corrected chi connectivity index (χ0v) is 14.4. The van der Waals surface area contributed by atoms with Gasteiger partial charge in [0.15, 0.2) is 0 Å². The molecule has 0 amide bonds. The van der Waals surface area contributed by atoms with Crippen LogP contribution in [0.3, 0.4) is 0 Å². The van der Waals surface area contributed by atoms with E-state index in [1.54, 1.807) is 0 Å². The molecular formula is C17H38N2. The topological polar surface area (TPSA) is 15.3 Å². The van der Waals surface area contributed by atoms with Gasteiger partial charge in [0.1, 0.15) is 0 Å². The SMILES string of the molecule is CCCCN(CCCC)CC(NCCC)C(C)(C)C. The van der Waals surface area contributed by atoms with Crippen LogP contribution in [0.15, 0.2) is 0 Å². The van der Waals surface area contributed by atoms with Gasteiger partial charge in [-0.2, -0.15) is 0 Å². The Morgan fingerprint density at radius 3 is 1.79 bits per heavy atom. The van der Waals surface area contributed by atoms with Crippen LogP contribution in [0, 0.1) is 5.41 Å². The Morgan fingerprint density at radius 1 is 0.895 bits per heavy atom. The number of hydrogen-bond acceptors (Lipinski definition) is 2. The van der Waals surface area contributed by atoms with Gasteiger partial charge in [-0.05, 0) is 44.3 Å². The van der Waals surface area contributed by atoms with Crippen LogP contribution in [0.5, 0.6) is 0 Å². The Balaban J connectivity index is 4.42. The van der Waals surface area contributed by atoms with E-state index in [-0.39, 0.29) is 0 Å². The molecule has 1 N–H and O–H groups in total. The maximum Gasteiger partial charge on any atom is 0.0243 e. The van der Waals surface area contributed by atoms with Gasteiger partial charge in [-0.15, -0.1) is 0 Å². The first-order valence-corrected chi connectivity index (χ1v) is 8.41. The molecule has 0 bridgehead atoms. The van der Waals surface area contributed by atoms with Crippen molar-refractivity contribution in [2.75, 3.05) is 26.2 Å². The maximum atomic E-state index is 3.75. The van der Waals surface area contributed by atoms with E-state index in [1.165, 1.54) is 51.7 Å². The predicted molar refractivity (Wildman–Crippen MR) is 87.8 cm³/mol. The second-order valence-corrected chi connectivity index (χ2v) is 6.88. The molecule has 0 aromatic carbocycles. The third-order valence-corrected chi connectivity index (χ3v) is 3.78. The monoisotopic (exact) mass is 270 g/mol. The molecule has 0 aromatic heterocycles. The lowest BCUT2D eigenvalue weighted by Crippen LogP contribution is -2.49. The standard InChI is InChI=1S/C17H38N2/c1-7-10-13-19(14-11-8-2)15-16(17(4,5)6)18-12-9-3/h16,18H,7-15H2,1-6H3. The molecule has 1 atom stereocenters. The lowest BCUT2D eigenvalue weighted by Gasteiger charge is -2.36.